The van der Waals surface area contributed by atoms with E-state index in [1.54, 1.807) is 0 Å². The normalized spacial score (nSPS) is 11.1. The number of carbonyl (C=O) groups excluding carboxylic acids is 2. The highest BCUT2D eigenvalue weighted by molar-refractivity contribution is 6.40. The molecular weight excluding hydrogens is 272 g/mol. The molecule has 0 aliphatic rings. The number of ketones is 1. The van der Waals surface area contributed by atoms with Gasteiger partial charge < -0.3 is 0 Å². The van der Waals surface area contributed by atoms with Crippen molar-refractivity contribution in [3.63, 3.8) is 0 Å². The smallest absolute Gasteiger partial charge is 0.226 e. The van der Waals surface area contributed by atoms with Crippen LogP contribution in [0.1, 0.15) is 32.6 Å². The van der Waals surface area contributed by atoms with Crippen molar-refractivity contribution in [3.05, 3.63) is 58.1 Å². The van der Waals surface area contributed by atoms with Crippen LogP contribution in [0.3, 0.4) is 0 Å². The van der Waals surface area contributed by atoms with Gasteiger partial charge in [0, 0.05) is 5.56 Å². The van der Waals surface area contributed by atoms with Gasteiger partial charge in [-0.25, -0.2) is 0 Å². The lowest BCUT2D eigenvalue weighted by Gasteiger charge is -2.13. The van der Waals surface area contributed by atoms with Crippen molar-refractivity contribution >= 4 is 33.6 Å². The summed E-state index contributed by atoms with van der Waals surface area (Å²) >= 11 is 0. The zero-order valence-corrected chi connectivity index (χ0v) is 13.3. The molecule has 3 rings (SSSR count). The molecular formula is C20H18O2. The molecule has 0 saturated carbocycles. The van der Waals surface area contributed by atoms with Crippen molar-refractivity contribution in [2.75, 3.05) is 0 Å². The standard InChI is InChI=1S/C20H18O2/c1-11-5-15-9-16-6-12(2)14(4)8-18(16)20(19(22)10-21)17(15)7-13(11)3/h5-10H,1-4H3. The average molecular weight is 290 g/mol. The van der Waals surface area contributed by atoms with E-state index in [0.29, 0.717) is 11.8 Å². The Morgan fingerprint density at radius 3 is 1.55 bits per heavy atom. The minimum atomic E-state index is -0.456. The second-order valence-electron chi connectivity index (χ2n) is 6.05. The highest BCUT2D eigenvalue weighted by Gasteiger charge is 2.16. The van der Waals surface area contributed by atoms with Gasteiger partial charge in [0.25, 0.3) is 0 Å². The van der Waals surface area contributed by atoms with E-state index in [-0.39, 0.29) is 0 Å². The van der Waals surface area contributed by atoms with Crippen LogP contribution in [-0.2, 0) is 4.79 Å². The molecule has 0 fully saturated rings. The Bertz CT molecular complexity index is 883. The fourth-order valence-electron chi connectivity index (χ4n) is 2.99. The van der Waals surface area contributed by atoms with Crippen LogP contribution in [0.5, 0.6) is 0 Å². The topological polar surface area (TPSA) is 34.1 Å². The van der Waals surface area contributed by atoms with Crippen molar-refractivity contribution < 1.29 is 9.59 Å². The van der Waals surface area contributed by atoms with Crippen LogP contribution in [0.15, 0.2) is 30.3 Å². The van der Waals surface area contributed by atoms with Crippen LogP contribution >= 0.6 is 0 Å². The van der Waals surface area contributed by atoms with E-state index >= 15 is 0 Å². The first-order valence-electron chi connectivity index (χ1n) is 7.37. The first kappa shape index (κ1) is 14.5. The van der Waals surface area contributed by atoms with E-state index in [1.807, 2.05) is 26.0 Å². The molecule has 0 atom stereocenters. The summed E-state index contributed by atoms with van der Waals surface area (Å²) in [5, 5.41) is 3.72. The number of fused-ring (bicyclic) bond motifs is 2. The van der Waals surface area contributed by atoms with Crippen molar-refractivity contribution in [1.29, 1.82) is 0 Å². The van der Waals surface area contributed by atoms with Gasteiger partial charge in [-0.1, -0.05) is 24.3 Å². The molecule has 22 heavy (non-hydrogen) atoms. The quantitative estimate of drug-likeness (QED) is 0.299. The predicted molar refractivity (Wildman–Crippen MR) is 90.8 cm³/mol. The van der Waals surface area contributed by atoms with Crippen LogP contribution in [0.2, 0.25) is 0 Å². The largest absolute Gasteiger partial charge is 0.294 e. The van der Waals surface area contributed by atoms with Crippen molar-refractivity contribution in [3.8, 4) is 0 Å². The molecule has 0 aliphatic heterocycles. The van der Waals surface area contributed by atoms with Gasteiger partial charge in [0.2, 0.25) is 5.78 Å². The van der Waals surface area contributed by atoms with Gasteiger partial charge in [0.05, 0.1) is 0 Å². The first-order chi connectivity index (χ1) is 10.4. The minimum Gasteiger partial charge on any atom is -0.294 e. The summed E-state index contributed by atoms with van der Waals surface area (Å²) in [4.78, 5) is 23.4. The van der Waals surface area contributed by atoms with Crippen molar-refractivity contribution in [1.82, 2.24) is 0 Å². The second-order valence-corrected chi connectivity index (χ2v) is 6.05. The molecule has 0 radical (unpaired) electrons. The van der Waals surface area contributed by atoms with Gasteiger partial charge in [-0.3, -0.25) is 9.59 Å². The van der Waals surface area contributed by atoms with Gasteiger partial charge >= 0.3 is 0 Å². The highest BCUT2D eigenvalue weighted by atomic mass is 16.2. The molecule has 0 aliphatic carbocycles. The minimum absolute atomic E-state index is 0.415. The molecule has 3 aromatic carbocycles. The van der Waals surface area contributed by atoms with Gasteiger partial charge in [-0.05, 0) is 77.6 Å². The van der Waals surface area contributed by atoms with E-state index < -0.39 is 5.78 Å². The number of hydrogen-bond acceptors (Lipinski definition) is 2. The Hall–Kier alpha value is -2.48. The molecule has 0 N–H and O–H groups in total. The highest BCUT2D eigenvalue weighted by Crippen LogP contribution is 2.32. The van der Waals surface area contributed by atoms with Gasteiger partial charge in [-0.15, -0.1) is 0 Å². The van der Waals surface area contributed by atoms with Crippen molar-refractivity contribution in [2.45, 2.75) is 27.7 Å². The van der Waals surface area contributed by atoms with E-state index in [1.165, 1.54) is 11.1 Å². The summed E-state index contributed by atoms with van der Waals surface area (Å²) in [5.74, 6) is -0.456. The van der Waals surface area contributed by atoms with Crippen LogP contribution in [-0.4, -0.2) is 12.1 Å². The summed E-state index contributed by atoms with van der Waals surface area (Å²) in [6, 6.07) is 10.3. The number of benzene rings is 3. The Kier molecular flexibility index (Phi) is 3.32. The molecule has 0 aromatic heterocycles. The maximum atomic E-state index is 12.3. The maximum Gasteiger partial charge on any atom is 0.226 e. The molecule has 0 heterocycles. The zero-order chi connectivity index (χ0) is 16.0. The van der Waals surface area contributed by atoms with Crippen molar-refractivity contribution in [2.24, 2.45) is 0 Å². The van der Waals surface area contributed by atoms with Gasteiger partial charge in [0.15, 0.2) is 6.29 Å². The zero-order valence-electron chi connectivity index (χ0n) is 13.3. The Morgan fingerprint density at radius 2 is 1.14 bits per heavy atom. The SMILES string of the molecule is Cc1cc2cc3cc(C)c(C)cc3c(C(=O)C=O)c2cc1C. The number of rotatable bonds is 2. The number of Topliss-reactive ketones (excluding diaryl/α,β-unsaturated/α-hetero) is 1. The molecule has 2 heteroatoms. The number of hydrogen-bond donors (Lipinski definition) is 0. The Balaban J connectivity index is 2.59. The molecule has 0 spiro atoms. The summed E-state index contributed by atoms with van der Waals surface area (Å²) in [5.41, 5.74) is 5.13. The first-order valence-corrected chi connectivity index (χ1v) is 7.37. The average Bonchev–Trinajstić information content (AvgIpc) is 2.48. The summed E-state index contributed by atoms with van der Waals surface area (Å²) in [6.45, 7) is 8.16. The predicted octanol–water partition coefficient (Wildman–Crippen LogP) is 4.61. The van der Waals surface area contributed by atoms with Crippen LogP contribution in [0, 0.1) is 27.7 Å². The molecule has 2 nitrogen and oxygen atoms in total. The summed E-state index contributed by atoms with van der Waals surface area (Å²) in [6.07, 6.45) is 0.415. The third-order valence-corrected chi connectivity index (χ3v) is 4.53. The summed E-state index contributed by atoms with van der Waals surface area (Å²) in [7, 11) is 0. The number of carbonyl (C=O) groups is 2. The summed E-state index contributed by atoms with van der Waals surface area (Å²) < 4.78 is 0. The molecule has 0 saturated heterocycles. The molecule has 0 amide bonds. The van der Waals surface area contributed by atoms with E-state index in [9.17, 15) is 9.59 Å². The van der Waals surface area contributed by atoms with Crippen LogP contribution in [0.25, 0.3) is 21.5 Å². The third kappa shape index (κ3) is 2.12. The third-order valence-electron chi connectivity index (χ3n) is 4.53. The molecule has 110 valence electrons. The lowest BCUT2D eigenvalue weighted by molar-refractivity contribution is -0.104. The number of aryl methyl sites for hydroxylation is 4. The lowest BCUT2D eigenvalue weighted by Crippen LogP contribution is -2.03. The monoisotopic (exact) mass is 290 g/mol. The molecule has 0 bridgehead atoms. The second kappa shape index (κ2) is 5.06. The van der Waals surface area contributed by atoms with Gasteiger partial charge in [0.1, 0.15) is 0 Å². The molecule has 3 aromatic rings. The fourth-order valence-corrected chi connectivity index (χ4v) is 2.99. The van der Waals surface area contributed by atoms with E-state index in [2.05, 4.69) is 32.0 Å². The number of aldehydes is 1. The van der Waals surface area contributed by atoms with E-state index in [4.69, 9.17) is 0 Å². The van der Waals surface area contributed by atoms with E-state index in [0.717, 1.165) is 32.7 Å². The lowest BCUT2D eigenvalue weighted by atomic mass is 9.90. The Labute approximate surface area is 129 Å². The fraction of sp³-hybridized carbons (Fsp3) is 0.200. The van der Waals surface area contributed by atoms with Crippen LogP contribution in [0.4, 0.5) is 0 Å². The Morgan fingerprint density at radius 1 is 0.727 bits per heavy atom. The maximum absolute atomic E-state index is 12.3. The molecule has 0 unspecified atom stereocenters. The van der Waals surface area contributed by atoms with Gasteiger partial charge in [-0.2, -0.15) is 0 Å². The van der Waals surface area contributed by atoms with Crippen LogP contribution < -0.4 is 0 Å².